The van der Waals surface area contributed by atoms with Crippen molar-refractivity contribution in [1.29, 1.82) is 0 Å². The summed E-state index contributed by atoms with van der Waals surface area (Å²) in [4.78, 5) is 30.7. The monoisotopic (exact) mass is 646 g/mol. The molecular formula is C39H39FN4O4. The van der Waals surface area contributed by atoms with Crippen molar-refractivity contribution < 1.29 is 23.8 Å². The maximum atomic E-state index is 14.9. The number of carbonyl (C=O) groups is 2. The average molecular weight is 647 g/mol. The zero-order valence-corrected chi connectivity index (χ0v) is 27.3. The molecule has 1 saturated heterocycles. The van der Waals surface area contributed by atoms with Gasteiger partial charge in [0.15, 0.2) is 0 Å². The second-order valence-corrected chi connectivity index (χ2v) is 13.1. The fourth-order valence-corrected chi connectivity index (χ4v) is 6.70. The summed E-state index contributed by atoms with van der Waals surface area (Å²) in [7, 11) is 0. The van der Waals surface area contributed by atoms with Crippen LogP contribution in [0.2, 0.25) is 0 Å². The number of ether oxygens (including phenoxy) is 1. The van der Waals surface area contributed by atoms with Crippen molar-refractivity contribution in [2.75, 3.05) is 13.1 Å². The lowest BCUT2D eigenvalue weighted by atomic mass is 9.77. The number of aromatic nitrogens is 2. The van der Waals surface area contributed by atoms with E-state index in [0.29, 0.717) is 41.3 Å². The van der Waals surface area contributed by atoms with Crippen molar-refractivity contribution in [2.45, 2.75) is 45.9 Å². The van der Waals surface area contributed by atoms with Crippen molar-refractivity contribution in [3.8, 4) is 22.7 Å². The van der Waals surface area contributed by atoms with Crippen LogP contribution in [-0.4, -0.2) is 61.9 Å². The first-order chi connectivity index (χ1) is 23.1. The third kappa shape index (κ3) is 6.81. The summed E-state index contributed by atoms with van der Waals surface area (Å²) >= 11 is 0. The van der Waals surface area contributed by atoms with Gasteiger partial charge in [0.1, 0.15) is 23.9 Å². The van der Waals surface area contributed by atoms with Gasteiger partial charge in [-0.3, -0.25) is 4.79 Å². The minimum Gasteiger partial charge on any atom is -0.487 e. The van der Waals surface area contributed by atoms with Crippen molar-refractivity contribution in [3.63, 3.8) is 0 Å². The molecule has 2 unspecified atom stereocenters. The number of para-hydroxylation sites is 2. The summed E-state index contributed by atoms with van der Waals surface area (Å²) in [6.07, 6.45) is 1.01. The molecule has 1 fully saturated rings. The molecule has 48 heavy (non-hydrogen) atoms. The van der Waals surface area contributed by atoms with Crippen LogP contribution in [-0.2, 0) is 13.0 Å². The van der Waals surface area contributed by atoms with Crippen LogP contribution in [0.5, 0.6) is 5.75 Å². The summed E-state index contributed by atoms with van der Waals surface area (Å²) in [6.45, 7) is 6.74. The second kappa shape index (κ2) is 13.7. The van der Waals surface area contributed by atoms with Crippen LogP contribution < -0.4 is 4.74 Å². The van der Waals surface area contributed by atoms with E-state index < -0.39 is 29.4 Å². The number of rotatable bonds is 8. The molecule has 5 aromatic rings. The molecule has 8 nitrogen and oxygen atoms in total. The Kier molecular flexibility index (Phi) is 9.30. The Morgan fingerprint density at radius 2 is 1.44 bits per heavy atom. The van der Waals surface area contributed by atoms with Crippen LogP contribution in [0.15, 0.2) is 115 Å². The molecule has 0 saturated carbocycles. The van der Waals surface area contributed by atoms with Crippen molar-refractivity contribution in [2.24, 2.45) is 5.41 Å². The molecule has 4 aromatic carbocycles. The molecule has 1 N–H and O–H groups in total. The highest BCUT2D eigenvalue weighted by atomic mass is 19.1. The Labute approximate surface area is 280 Å². The first-order valence-electron chi connectivity index (χ1n) is 16.1. The summed E-state index contributed by atoms with van der Waals surface area (Å²) in [5.41, 5.74) is 3.57. The molecule has 2 amide bonds. The smallest absolute Gasteiger partial charge is 0.407 e. The van der Waals surface area contributed by atoms with Gasteiger partial charge < -0.3 is 19.6 Å². The minimum absolute atomic E-state index is 0.171. The lowest BCUT2D eigenvalue weighted by Crippen LogP contribution is -2.66. The van der Waals surface area contributed by atoms with Crippen LogP contribution in [0, 0.1) is 11.2 Å². The molecule has 0 bridgehead atoms. The number of carbonyl (C=O) groups excluding carboxylic acids is 1. The Morgan fingerprint density at radius 1 is 0.833 bits per heavy atom. The van der Waals surface area contributed by atoms with E-state index in [2.05, 4.69) is 0 Å². The molecule has 1 aliphatic heterocycles. The van der Waals surface area contributed by atoms with Crippen molar-refractivity contribution in [3.05, 3.63) is 138 Å². The summed E-state index contributed by atoms with van der Waals surface area (Å²) in [5.74, 6) is -0.106. The number of piperazine rings is 1. The van der Waals surface area contributed by atoms with Crippen molar-refractivity contribution >= 4 is 12.0 Å². The predicted octanol–water partition coefficient (Wildman–Crippen LogP) is 7.72. The fraction of sp³-hybridized carbons (Fsp3) is 0.256. The van der Waals surface area contributed by atoms with E-state index in [-0.39, 0.29) is 19.0 Å². The van der Waals surface area contributed by atoms with Crippen LogP contribution in [0.25, 0.3) is 16.9 Å². The van der Waals surface area contributed by atoms with Gasteiger partial charge in [-0.15, -0.1) is 0 Å². The number of carboxylic acid groups (broad SMARTS) is 1. The van der Waals surface area contributed by atoms with Gasteiger partial charge in [0, 0.05) is 18.7 Å². The SMILES string of the molecule is CC(C)(C)C1C(Cc2ccccc2)N(C(=O)c2cnn(-c3ccccc3OCc3ccccc3)c2-c2ccc(F)cc2)CCN1C(=O)O. The largest absolute Gasteiger partial charge is 0.487 e. The topological polar surface area (TPSA) is 87.9 Å². The zero-order chi connectivity index (χ0) is 33.8. The van der Waals surface area contributed by atoms with Gasteiger partial charge in [0.2, 0.25) is 0 Å². The first-order valence-corrected chi connectivity index (χ1v) is 16.1. The fourth-order valence-electron chi connectivity index (χ4n) is 6.70. The Hall–Kier alpha value is -5.44. The number of nitrogens with zero attached hydrogens (tertiary/aromatic N) is 4. The molecule has 0 aliphatic carbocycles. The quantitative estimate of drug-likeness (QED) is 0.187. The van der Waals surface area contributed by atoms with Gasteiger partial charge in [-0.25, -0.2) is 13.9 Å². The highest BCUT2D eigenvalue weighted by Gasteiger charge is 2.47. The first kappa shape index (κ1) is 32.5. The van der Waals surface area contributed by atoms with Crippen LogP contribution in [0.3, 0.4) is 0 Å². The normalized spacial score (nSPS) is 16.5. The molecule has 0 spiro atoms. The molecule has 1 aliphatic rings. The van der Waals surface area contributed by atoms with Gasteiger partial charge in [0.05, 0.1) is 29.5 Å². The van der Waals surface area contributed by atoms with Gasteiger partial charge >= 0.3 is 6.09 Å². The molecule has 2 heterocycles. The lowest BCUT2D eigenvalue weighted by Gasteiger charge is -2.51. The van der Waals surface area contributed by atoms with E-state index in [1.165, 1.54) is 17.0 Å². The van der Waals surface area contributed by atoms with E-state index in [0.717, 1.165) is 11.1 Å². The van der Waals surface area contributed by atoms with E-state index in [1.54, 1.807) is 27.9 Å². The highest BCUT2D eigenvalue weighted by molar-refractivity contribution is 6.00. The number of hydrogen-bond donors (Lipinski definition) is 1. The third-order valence-electron chi connectivity index (χ3n) is 8.81. The van der Waals surface area contributed by atoms with Gasteiger partial charge in [0.25, 0.3) is 5.91 Å². The van der Waals surface area contributed by atoms with Gasteiger partial charge in [-0.05, 0) is 59.4 Å². The molecule has 1 aromatic heterocycles. The Balaban J connectivity index is 1.45. The molecule has 0 radical (unpaired) electrons. The van der Waals surface area contributed by atoms with Crippen molar-refractivity contribution in [1.82, 2.24) is 19.6 Å². The standard InChI is InChI=1S/C39H39FN4O4/c1-39(2,3)36-33(24-27-12-6-4-7-13-27)42(22-23-43(36)38(46)47)37(45)31-25-41-44(35(31)29-18-20-30(40)21-19-29)32-16-10-11-17-34(32)48-26-28-14-8-5-9-15-28/h4-21,25,33,36H,22-24,26H2,1-3H3,(H,46,47). The molecule has 2 atom stereocenters. The number of benzene rings is 4. The Bertz CT molecular complexity index is 1870. The van der Waals surface area contributed by atoms with E-state index in [4.69, 9.17) is 9.84 Å². The van der Waals surface area contributed by atoms with E-state index >= 15 is 0 Å². The lowest BCUT2D eigenvalue weighted by molar-refractivity contribution is -0.0144. The van der Waals surface area contributed by atoms with Crippen LogP contribution in [0.1, 0.15) is 42.3 Å². The summed E-state index contributed by atoms with van der Waals surface area (Å²) in [6, 6.07) is 32.1. The third-order valence-corrected chi connectivity index (χ3v) is 8.81. The predicted molar refractivity (Wildman–Crippen MR) is 183 cm³/mol. The minimum atomic E-state index is -1.01. The molecular weight excluding hydrogens is 607 g/mol. The second-order valence-electron chi connectivity index (χ2n) is 13.1. The summed E-state index contributed by atoms with van der Waals surface area (Å²) in [5, 5.41) is 15.0. The van der Waals surface area contributed by atoms with E-state index in [9.17, 15) is 19.1 Å². The maximum Gasteiger partial charge on any atom is 0.407 e. The number of amides is 2. The van der Waals surface area contributed by atoms with Gasteiger partial charge in [-0.2, -0.15) is 5.10 Å². The number of hydrogen-bond acceptors (Lipinski definition) is 4. The van der Waals surface area contributed by atoms with E-state index in [1.807, 2.05) is 106 Å². The van der Waals surface area contributed by atoms with Crippen LogP contribution >= 0.6 is 0 Å². The molecule has 246 valence electrons. The average Bonchev–Trinajstić information content (AvgIpc) is 3.53. The molecule has 6 rings (SSSR count). The molecule has 9 heteroatoms. The summed E-state index contributed by atoms with van der Waals surface area (Å²) < 4.78 is 22.1. The zero-order valence-electron chi connectivity index (χ0n) is 27.3. The Morgan fingerprint density at radius 3 is 2.08 bits per heavy atom. The number of halogens is 1. The van der Waals surface area contributed by atoms with Gasteiger partial charge in [-0.1, -0.05) is 93.6 Å². The maximum absolute atomic E-state index is 14.9. The van der Waals surface area contributed by atoms with Crippen LogP contribution in [0.4, 0.5) is 9.18 Å². The highest BCUT2D eigenvalue weighted by Crippen LogP contribution is 2.37.